The third-order valence-corrected chi connectivity index (χ3v) is 6.70. The van der Waals surface area contributed by atoms with E-state index in [-0.39, 0.29) is 18.0 Å². The molecule has 8 heteroatoms. The third kappa shape index (κ3) is 4.94. The highest BCUT2D eigenvalue weighted by Gasteiger charge is 2.41. The summed E-state index contributed by atoms with van der Waals surface area (Å²) in [6.07, 6.45) is -0.482. The van der Waals surface area contributed by atoms with Gasteiger partial charge in [-0.1, -0.05) is 42.5 Å². The number of hydrogen-bond donors (Lipinski definition) is 1. The molecular weight excluding hydrogens is 418 g/mol. The Morgan fingerprint density at radius 1 is 1.06 bits per heavy atom. The highest BCUT2D eigenvalue weighted by atomic mass is 16.4. The normalized spacial score (nSPS) is 21.0. The van der Waals surface area contributed by atoms with Crippen molar-refractivity contribution in [3.63, 3.8) is 0 Å². The topological polar surface area (TPSA) is 91.1 Å². The fourth-order valence-corrected chi connectivity index (χ4v) is 4.79. The number of anilines is 1. The van der Waals surface area contributed by atoms with Crippen molar-refractivity contribution in [3.05, 3.63) is 65.7 Å². The van der Waals surface area contributed by atoms with Crippen LogP contribution in [-0.2, 0) is 11.3 Å². The third-order valence-electron chi connectivity index (χ3n) is 6.70. The van der Waals surface area contributed by atoms with E-state index < -0.39 is 6.09 Å². The highest BCUT2D eigenvalue weighted by molar-refractivity contribution is 5.83. The molecule has 0 bridgehead atoms. The van der Waals surface area contributed by atoms with Crippen molar-refractivity contribution in [2.75, 3.05) is 44.7 Å². The van der Waals surface area contributed by atoms with Crippen LogP contribution in [-0.4, -0.2) is 83.7 Å². The number of amides is 2. The lowest BCUT2D eigenvalue weighted by atomic mass is 10.1. The molecule has 1 N–H and O–H groups in total. The summed E-state index contributed by atoms with van der Waals surface area (Å²) in [4.78, 5) is 32.6. The van der Waals surface area contributed by atoms with Crippen LogP contribution in [0.3, 0.4) is 0 Å². The molecule has 2 saturated heterocycles. The number of carbonyl (C=O) groups excluding carboxylic acids is 1. The van der Waals surface area contributed by atoms with Crippen molar-refractivity contribution in [3.8, 4) is 6.07 Å². The second-order valence-corrected chi connectivity index (χ2v) is 8.66. The first kappa shape index (κ1) is 22.6. The number of benzene rings is 2. The van der Waals surface area contributed by atoms with Gasteiger partial charge in [0.1, 0.15) is 6.07 Å². The van der Waals surface area contributed by atoms with Gasteiger partial charge in [0.2, 0.25) is 5.91 Å². The van der Waals surface area contributed by atoms with Gasteiger partial charge in [-0.3, -0.25) is 9.69 Å². The predicted molar refractivity (Wildman–Crippen MR) is 125 cm³/mol. The number of nitrogens with zero attached hydrogens (tertiary/aromatic N) is 5. The SMILES string of the molecule is CN(C(=O)O)C1CC(C(=O)N2CCN(c3ccccc3C#N)CC2)N(Cc2ccccc2)C1. The molecule has 2 atom stereocenters. The lowest BCUT2D eigenvalue weighted by molar-refractivity contribution is -0.136. The molecule has 2 aliphatic rings. The minimum absolute atomic E-state index is 0.0560. The number of hydrogen-bond acceptors (Lipinski definition) is 5. The summed E-state index contributed by atoms with van der Waals surface area (Å²) < 4.78 is 0. The Bertz CT molecular complexity index is 1030. The van der Waals surface area contributed by atoms with E-state index in [1.807, 2.05) is 59.5 Å². The van der Waals surface area contributed by atoms with Crippen molar-refractivity contribution < 1.29 is 14.7 Å². The molecule has 4 rings (SSSR count). The fourth-order valence-electron chi connectivity index (χ4n) is 4.79. The van der Waals surface area contributed by atoms with Crippen LogP contribution in [0.15, 0.2) is 54.6 Å². The highest BCUT2D eigenvalue weighted by Crippen LogP contribution is 2.27. The summed E-state index contributed by atoms with van der Waals surface area (Å²) in [5, 5.41) is 18.9. The summed E-state index contributed by atoms with van der Waals surface area (Å²) in [6.45, 7) is 3.62. The summed E-state index contributed by atoms with van der Waals surface area (Å²) in [5.41, 5.74) is 2.65. The number of likely N-dealkylation sites (tertiary alicyclic amines) is 1. The molecule has 0 aromatic heterocycles. The van der Waals surface area contributed by atoms with Gasteiger partial charge in [-0.05, 0) is 24.1 Å². The Balaban J connectivity index is 1.45. The van der Waals surface area contributed by atoms with Crippen LogP contribution in [0, 0.1) is 11.3 Å². The van der Waals surface area contributed by atoms with Crippen molar-refractivity contribution in [2.24, 2.45) is 0 Å². The molecule has 2 amide bonds. The lowest BCUT2D eigenvalue weighted by Gasteiger charge is -2.38. The van der Waals surface area contributed by atoms with Crippen molar-refractivity contribution in [1.29, 1.82) is 5.26 Å². The Hall–Kier alpha value is -3.57. The van der Waals surface area contributed by atoms with Gasteiger partial charge in [0, 0.05) is 52.4 Å². The van der Waals surface area contributed by atoms with E-state index in [0.717, 1.165) is 11.3 Å². The molecule has 2 heterocycles. The van der Waals surface area contributed by atoms with E-state index in [9.17, 15) is 20.0 Å². The number of para-hydroxylation sites is 1. The summed E-state index contributed by atoms with van der Waals surface area (Å²) in [6, 6.07) is 19.2. The molecule has 2 aromatic rings. The number of carboxylic acid groups (broad SMARTS) is 1. The Kier molecular flexibility index (Phi) is 6.80. The van der Waals surface area contributed by atoms with Gasteiger partial charge < -0.3 is 19.8 Å². The molecule has 0 radical (unpaired) electrons. The maximum Gasteiger partial charge on any atom is 0.407 e. The average Bonchev–Trinajstić information content (AvgIpc) is 3.27. The maximum atomic E-state index is 13.6. The molecule has 8 nitrogen and oxygen atoms in total. The van der Waals surface area contributed by atoms with Crippen molar-refractivity contribution >= 4 is 17.7 Å². The minimum atomic E-state index is -0.975. The fraction of sp³-hybridized carbons (Fsp3) is 0.400. The number of likely N-dealkylation sites (N-methyl/N-ethyl adjacent to an activating group) is 1. The van der Waals surface area contributed by atoms with Crippen LogP contribution >= 0.6 is 0 Å². The van der Waals surface area contributed by atoms with Crippen LogP contribution in [0.1, 0.15) is 17.5 Å². The molecule has 2 unspecified atom stereocenters. The van der Waals surface area contributed by atoms with Gasteiger partial charge in [0.15, 0.2) is 0 Å². The van der Waals surface area contributed by atoms with Crippen LogP contribution in [0.5, 0.6) is 0 Å². The molecular formula is C25H29N5O3. The van der Waals surface area contributed by atoms with E-state index in [2.05, 4.69) is 15.9 Å². The first-order valence-electron chi connectivity index (χ1n) is 11.2. The van der Waals surface area contributed by atoms with E-state index >= 15 is 0 Å². The standard InChI is InChI=1S/C25H29N5O3/c1-27(25(32)33)21-15-23(30(18-21)17-19-7-3-2-4-8-19)24(31)29-13-11-28(12-14-29)22-10-6-5-9-20(22)16-26/h2-10,21,23H,11-15,17-18H2,1H3,(H,32,33). The van der Waals surface area contributed by atoms with E-state index in [0.29, 0.717) is 51.3 Å². The van der Waals surface area contributed by atoms with Crippen molar-refractivity contribution in [1.82, 2.24) is 14.7 Å². The molecule has 2 fully saturated rings. The molecule has 0 aliphatic carbocycles. The number of carbonyl (C=O) groups is 2. The second-order valence-electron chi connectivity index (χ2n) is 8.66. The lowest BCUT2D eigenvalue weighted by Crippen LogP contribution is -2.53. The van der Waals surface area contributed by atoms with E-state index in [1.165, 1.54) is 4.90 Å². The Labute approximate surface area is 194 Å². The molecule has 2 aliphatic heterocycles. The molecule has 0 spiro atoms. The largest absolute Gasteiger partial charge is 0.465 e. The minimum Gasteiger partial charge on any atom is -0.465 e. The average molecular weight is 448 g/mol. The van der Waals surface area contributed by atoms with Gasteiger partial charge in [-0.2, -0.15) is 5.26 Å². The summed E-state index contributed by atoms with van der Waals surface area (Å²) in [5.74, 6) is 0.0560. The number of rotatable bonds is 5. The van der Waals surface area contributed by atoms with E-state index in [4.69, 9.17) is 0 Å². The Morgan fingerprint density at radius 2 is 1.73 bits per heavy atom. The molecule has 172 valence electrons. The summed E-state index contributed by atoms with van der Waals surface area (Å²) in [7, 11) is 1.58. The number of piperazine rings is 1. The monoisotopic (exact) mass is 447 g/mol. The van der Waals surface area contributed by atoms with Crippen LogP contribution in [0.2, 0.25) is 0 Å². The van der Waals surface area contributed by atoms with Gasteiger partial charge in [-0.15, -0.1) is 0 Å². The first-order chi connectivity index (χ1) is 16.0. The van der Waals surface area contributed by atoms with E-state index in [1.54, 1.807) is 7.05 Å². The zero-order valence-corrected chi connectivity index (χ0v) is 18.8. The second kappa shape index (κ2) is 9.92. The predicted octanol–water partition coefficient (Wildman–Crippen LogP) is 2.46. The molecule has 2 aromatic carbocycles. The van der Waals surface area contributed by atoms with Crippen LogP contribution in [0.4, 0.5) is 10.5 Å². The maximum absolute atomic E-state index is 13.6. The van der Waals surface area contributed by atoms with Crippen molar-refractivity contribution in [2.45, 2.75) is 25.0 Å². The number of nitriles is 1. The van der Waals surface area contributed by atoms with Crippen LogP contribution in [0.25, 0.3) is 0 Å². The van der Waals surface area contributed by atoms with Gasteiger partial charge in [0.05, 0.1) is 17.3 Å². The van der Waals surface area contributed by atoms with Crippen LogP contribution < -0.4 is 4.90 Å². The van der Waals surface area contributed by atoms with Gasteiger partial charge >= 0.3 is 6.09 Å². The zero-order chi connectivity index (χ0) is 23.4. The first-order valence-corrected chi connectivity index (χ1v) is 11.2. The summed E-state index contributed by atoms with van der Waals surface area (Å²) >= 11 is 0. The van der Waals surface area contributed by atoms with Gasteiger partial charge in [0.25, 0.3) is 0 Å². The molecule has 33 heavy (non-hydrogen) atoms. The van der Waals surface area contributed by atoms with Gasteiger partial charge in [-0.25, -0.2) is 4.79 Å². The Morgan fingerprint density at radius 3 is 2.39 bits per heavy atom. The smallest absolute Gasteiger partial charge is 0.407 e. The zero-order valence-electron chi connectivity index (χ0n) is 18.8. The molecule has 0 saturated carbocycles. The quantitative estimate of drug-likeness (QED) is 0.757.